The highest BCUT2D eigenvalue weighted by Crippen LogP contribution is 2.37. The van der Waals surface area contributed by atoms with Crippen LogP contribution in [0.1, 0.15) is 106 Å². The van der Waals surface area contributed by atoms with Gasteiger partial charge in [0, 0.05) is 5.92 Å². The molecule has 0 atom stereocenters. The van der Waals surface area contributed by atoms with Crippen molar-refractivity contribution >= 4 is 5.97 Å². The van der Waals surface area contributed by atoms with Crippen LogP contribution in [-0.2, 0) is 4.74 Å². The molecule has 0 bridgehead atoms. The van der Waals surface area contributed by atoms with E-state index in [4.69, 9.17) is 10.00 Å². The second-order valence-electron chi connectivity index (χ2n) is 8.84. The molecule has 0 unspecified atom stereocenters. The monoisotopic (exact) mass is 381 g/mol. The third kappa shape index (κ3) is 5.84. The minimum atomic E-state index is -0.216. The highest BCUT2D eigenvalue weighted by molar-refractivity contribution is 5.89. The minimum absolute atomic E-state index is 0.0280. The highest BCUT2D eigenvalue weighted by atomic mass is 16.5. The van der Waals surface area contributed by atoms with Crippen molar-refractivity contribution in [1.82, 2.24) is 0 Å². The van der Waals surface area contributed by atoms with Crippen LogP contribution < -0.4 is 0 Å². The summed E-state index contributed by atoms with van der Waals surface area (Å²) in [6, 6.07) is 10.5. The molecule has 152 valence electrons. The molecule has 0 aliphatic heterocycles. The minimum Gasteiger partial charge on any atom is -0.459 e. The average Bonchev–Trinajstić information content (AvgIpc) is 2.75. The summed E-state index contributed by atoms with van der Waals surface area (Å²) in [5, 5.41) is 8.98. The number of unbranched alkanes of at least 4 members (excludes halogenated alkanes) is 2. The average molecular weight is 382 g/mol. The summed E-state index contributed by atoms with van der Waals surface area (Å²) in [5.41, 5.74) is 2.03. The normalized spacial score (nSPS) is 27.7. The van der Waals surface area contributed by atoms with Crippen molar-refractivity contribution in [1.29, 1.82) is 5.26 Å². The Kier molecular flexibility index (Phi) is 7.95. The third-order valence-electron chi connectivity index (χ3n) is 6.81. The molecule has 3 heteroatoms. The van der Waals surface area contributed by atoms with Crippen molar-refractivity contribution in [2.45, 2.75) is 96.0 Å². The quantitative estimate of drug-likeness (QED) is 0.386. The second-order valence-corrected chi connectivity index (χ2v) is 8.84. The van der Waals surface area contributed by atoms with Gasteiger partial charge in [-0.05, 0) is 80.9 Å². The molecule has 3 nitrogen and oxygen atoms in total. The summed E-state index contributed by atoms with van der Waals surface area (Å²) >= 11 is 0. The number of carbonyl (C=O) groups excluding carboxylic acids is 1. The van der Waals surface area contributed by atoms with E-state index in [2.05, 4.69) is 25.1 Å². The van der Waals surface area contributed by atoms with Crippen molar-refractivity contribution in [3.05, 3.63) is 35.4 Å². The number of hydrogen-bond donors (Lipinski definition) is 0. The van der Waals surface area contributed by atoms with Gasteiger partial charge >= 0.3 is 5.97 Å². The molecule has 28 heavy (non-hydrogen) atoms. The van der Waals surface area contributed by atoms with Crippen molar-refractivity contribution in [3.63, 3.8) is 0 Å². The SMILES string of the molecule is CCCCCC1CCC(c2ccc(C(=O)OC3CCC(C#N)CC3)cc2)CC1. The maximum atomic E-state index is 12.4. The van der Waals surface area contributed by atoms with Gasteiger partial charge in [0.05, 0.1) is 11.6 Å². The topological polar surface area (TPSA) is 50.1 Å². The molecule has 0 spiro atoms. The summed E-state index contributed by atoms with van der Waals surface area (Å²) < 4.78 is 5.67. The first kappa shape index (κ1) is 20.9. The first-order valence-electron chi connectivity index (χ1n) is 11.4. The molecule has 2 fully saturated rings. The number of ether oxygens (including phenoxy) is 1. The van der Waals surface area contributed by atoms with Crippen LogP contribution in [0.3, 0.4) is 0 Å². The Morgan fingerprint density at radius 2 is 1.68 bits per heavy atom. The Balaban J connectivity index is 1.45. The van der Waals surface area contributed by atoms with Gasteiger partial charge in [-0.25, -0.2) is 4.79 Å². The Bertz CT molecular complexity index is 644. The number of benzene rings is 1. The number of hydrogen-bond acceptors (Lipinski definition) is 3. The molecule has 0 saturated heterocycles. The van der Waals surface area contributed by atoms with E-state index in [0.717, 1.165) is 31.6 Å². The molecule has 0 radical (unpaired) electrons. The van der Waals surface area contributed by atoms with E-state index < -0.39 is 0 Å². The molecular formula is C25H35NO2. The number of nitriles is 1. The first-order chi connectivity index (χ1) is 13.7. The molecule has 0 amide bonds. The van der Waals surface area contributed by atoms with Gasteiger partial charge in [0.2, 0.25) is 0 Å². The predicted octanol–water partition coefficient (Wildman–Crippen LogP) is 6.78. The van der Waals surface area contributed by atoms with E-state index in [1.165, 1.54) is 56.9 Å². The first-order valence-corrected chi connectivity index (χ1v) is 11.4. The highest BCUT2D eigenvalue weighted by Gasteiger charge is 2.25. The molecule has 3 rings (SSSR count). The van der Waals surface area contributed by atoms with E-state index in [0.29, 0.717) is 11.5 Å². The largest absolute Gasteiger partial charge is 0.459 e. The van der Waals surface area contributed by atoms with Crippen molar-refractivity contribution < 1.29 is 9.53 Å². The molecule has 2 aliphatic rings. The molecule has 0 N–H and O–H groups in total. The zero-order chi connectivity index (χ0) is 19.8. The lowest BCUT2D eigenvalue weighted by molar-refractivity contribution is 0.0187. The van der Waals surface area contributed by atoms with Crippen molar-refractivity contribution in [3.8, 4) is 6.07 Å². The Morgan fingerprint density at radius 3 is 2.29 bits per heavy atom. The predicted molar refractivity (Wildman–Crippen MR) is 112 cm³/mol. The Morgan fingerprint density at radius 1 is 1.00 bits per heavy atom. The summed E-state index contributed by atoms with van der Waals surface area (Å²) in [6.45, 7) is 2.27. The molecule has 1 aromatic rings. The summed E-state index contributed by atoms with van der Waals surface area (Å²) in [6.07, 6.45) is 14.0. The zero-order valence-corrected chi connectivity index (χ0v) is 17.4. The van der Waals surface area contributed by atoms with Crippen molar-refractivity contribution in [2.24, 2.45) is 11.8 Å². The molecule has 1 aromatic carbocycles. The molecular weight excluding hydrogens is 346 g/mol. The van der Waals surface area contributed by atoms with Gasteiger partial charge in [-0.15, -0.1) is 0 Å². The van der Waals surface area contributed by atoms with Gasteiger partial charge < -0.3 is 4.74 Å². The molecule has 0 aromatic heterocycles. The van der Waals surface area contributed by atoms with Gasteiger partial charge in [-0.1, -0.05) is 44.7 Å². The summed E-state index contributed by atoms with van der Waals surface area (Å²) in [4.78, 5) is 12.4. The maximum Gasteiger partial charge on any atom is 0.338 e. The van der Waals surface area contributed by atoms with E-state index >= 15 is 0 Å². The van der Waals surface area contributed by atoms with Crippen LogP contribution in [0.2, 0.25) is 0 Å². The number of esters is 1. The lowest BCUT2D eigenvalue weighted by Gasteiger charge is -2.29. The van der Waals surface area contributed by atoms with E-state index in [-0.39, 0.29) is 18.0 Å². The van der Waals surface area contributed by atoms with Gasteiger partial charge in [-0.3, -0.25) is 0 Å². The number of carbonyl (C=O) groups is 1. The number of rotatable bonds is 7. The van der Waals surface area contributed by atoms with Crippen LogP contribution in [0.25, 0.3) is 0 Å². The van der Waals surface area contributed by atoms with Gasteiger partial charge in [0.25, 0.3) is 0 Å². The van der Waals surface area contributed by atoms with E-state index in [1.807, 2.05) is 12.1 Å². The van der Waals surface area contributed by atoms with Crippen LogP contribution in [0.5, 0.6) is 0 Å². The van der Waals surface area contributed by atoms with E-state index in [1.54, 1.807) is 0 Å². The van der Waals surface area contributed by atoms with E-state index in [9.17, 15) is 4.79 Å². The standard InChI is InChI=1S/C25H35NO2/c1-2-3-4-5-19-6-10-21(11-7-19)22-12-14-23(15-13-22)25(27)28-24-16-8-20(18-26)9-17-24/h12-15,19-21,24H,2-11,16-17H2,1H3. The molecule has 2 aliphatic carbocycles. The second kappa shape index (κ2) is 10.6. The lowest BCUT2D eigenvalue weighted by Crippen LogP contribution is -2.24. The van der Waals surface area contributed by atoms with Crippen LogP contribution in [0, 0.1) is 23.2 Å². The zero-order valence-electron chi connectivity index (χ0n) is 17.4. The third-order valence-corrected chi connectivity index (χ3v) is 6.81. The summed E-state index contributed by atoms with van der Waals surface area (Å²) in [5.74, 6) is 1.49. The van der Waals surface area contributed by atoms with Crippen LogP contribution >= 0.6 is 0 Å². The van der Waals surface area contributed by atoms with Crippen LogP contribution in [0.4, 0.5) is 0 Å². The van der Waals surface area contributed by atoms with Crippen LogP contribution in [-0.4, -0.2) is 12.1 Å². The summed E-state index contributed by atoms with van der Waals surface area (Å²) in [7, 11) is 0. The van der Waals surface area contributed by atoms with Crippen LogP contribution in [0.15, 0.2) is 24.3 Å². The fraction of sp³-hybridized carbons (Fsp3) is 0.680. The Hall–Kier alpha value is -1.82. The van der Waals surface area contributed by atoms with Crippen molar-refractivity contribution in [2.75, 3.05) is 0 Å². The number of nitrogens with zero attached hydrogens (tertiary/aromatic N) is 1. The van der Waals surface area contributed by atoms with Gasteiger partial charge in [-0.2, -0.15) is 5.26 Å². The lowest BCUT2D eigenvalue weighted by atomic mass is 9.77. The fourth-order valence-corrected chi connectivity index (χ4v) is 4.89. The molecule has 0 heterocycles. The smallest absolute Gasteiger partial charge is 0.338 e. The van der Waals surface area contributed by atoms with Gasteiger partial charge in [0.15, 0.2) is 0 Å². The maximum absolute atomic E-state index is 12.4. The fourth-order valence-electron chi connectivity index (χ4n) is 4.89. The molecule has 2 saturated carbocycles. The Labute approximate surface area is 170 Å². The van der Waals surface area contributed by atoms with Gasteiger partial charge in [0.1, 0.15) is 6.10 Å².